The Morgan fingerprint density at radius 2 is 1.90 bits per heavy atom. The van der Waals surface area contributed by atoms with E-state index in [-0.39, 0.29) is 11.9 Å². The van der Waals surface area contributed by atoms with E-state index in [2.05, 4.69) is 10.6 Å². The van der Waals surface area contributed by atoms with Crippen LogP contribution in [-0.4, -0.2) is 18.5 Å². The molecule has 0 bridgehead atoms. The Balaban J connectivity index is 1.92. The molecule has 110 valence electrons. The molecular weight excluding hydrogens is 269 g/mol. The van der Waals surface area contributed by atoms with E-state index in [1.807, 2.05) is 0 Å². The summed E-state index contributed by atoms with van der Waals surface area (Å²) >= 11 is 0. The molecule has 1 atom stereocenters. The second kappa shape index (κ2) is 6.26. The molecule has 1 aliphatic heterocycles. The second-order valence-electron chi connectivity index (χ2n) is 4.91. The number of hydrogen-bond acceptors (Lipinski definition) is 2. The smallest absolute Gasteiger partial charge is 0.355 e. The van der Waals surface area contributed by atoms with Crippen LogP contribution in [0, 0.1) is 0 Å². The van der Waals surface area contributed by atoms with Crippen molar-refractivity contribution >= 4 is 5.91 Å². The van der Waals surface area contributed by atoms with Crippen LogP contribution in [0.3, 0.4) is 0 Å². The van der Waals surface area contributed by atoms with Gasteiger partial charge in [0.25, 0.3) is 0 Å². The van der Waals surface area contributed by atoms with Crippen molar-refractivity contribution in [2.45, 2.75) is 38.0 Å². The van der Waals surface area contributed by atoms with Crippen LogP contribution in [0.5, 0.6) is 0 Å². The van der Waals surface area contributed by atoms with E-state index >= 15 is 0 Å². The molecule has 0 radical (unpaired) electrons. The van der Waals surface area contributed by atoms with Gasteiger partial charge in [-0.25, -0.2) is 0 Å². The van der Waals surface area contributed by atoms with Gasteiger partial charge in [-0.15, -0.1) is 0 Å². The Labute approximate surface area is 115 Å². The molecule has 1 aromatic carbocycles. The summed E-state index contributed by atoms with van der Waals surface area (Å²) in [6, 6.07) is 4.73. The molecule has 1 fully saturated rings. The Morgan fingerprint density at radius 3 is 2.55 bits per heavy atom. The van der Waals surface area contributed by atoms with Crippen molar-refractivity contribution in [1.82, 2.24) is 10.6 Å². The first-order chi connectivity index (χ1) is 9.47. The maximum Gasteiger partial charge on any atom is 0.416 e. The number of nitrogens with one attached hydrogen (secondary N) is 2. The zero-order valence-corrected chi connectivity index (χ0v) is 11.0. The van der Waals surface area contributed by atoms with Gasteiger partial charge in [-0.05, 0) is 37.0 Å². The minimum absolute atomic E-state index is 0.0330. The number of benzene rings is 1. The topological polar surface area (TPSA) is 41.1 Å². The molecule has 6 heteroatoms. The molecule has 1 unspecified atom stereocenters. The molecule has 3 nitrogen and oxygen atoms in total. The Bertz CT molecular complexity index is 456. The van der Waals surface area contributed by atoms with Crippen molar-refractivity contribution < 1.29 is 18.0 Å². The van der Waals surface area contributed by atoms with Crippen LogP contribution >= 0.6 is 0 Å². The number of halogens is 3. The number of rotatable bonds is 3. The van der Waals surface area contributed by atoms with E-state index in [9.17, 15) is 18.0 Å². The van der Waals surface area contributed by atoms with Gasteiger partial charge in [0.05, 0.1) is 11.6 Å². The molecule has 0 aliphatic carbocycles. The first kappa shape index (κ1) is 14.8. The van der Waals surface area contributed by atoms with E-state index in [0.717, 1.165) is 37.0 Å². The van der Waals surface area contributed by atoms with Crippen LogP contribution in [0.25, 0.3) is 0 Å². The van der Waals surface area contributed by atoms with E-state index in [1.165, 1.54) is 12.1 Å². The number of carbonyl (C=O) groups is 1. The monoisotopic (exact) mass is 286 g/mol. The van der Waals surface area contributed by atoms with Crippen molar-refractivity contribution in [1.29, 1.82) is 0 Å². The third-order valence-electron chi connectivity index (χ3n) is 3.37. The molecular formula is C14H17F3N2O. The van der Waals surface area contributed by atoms with Crippen LogP contribution < -0.4 is 10.6 Å². The summed E-state index contributed by atoms with van der Waals surface area (Å²) in [4.78, 5) is 11.7. The molecule has 0 saturated carbocycles. The van der Waals surface area contributed by atoms with Gasteiger partial charge in [0, 0.05) is 13.1 Å². The van der Waals surface area contributed by atoms with Gasteiger partial charge >= 0.3 is 6.18 Å². The van der Waals surface area contributed by atoms with E-state index in [4.69, 9.17) is 0 Å². The number of hydrogen-bond donors (Lipinski definition) is 2. The largest absolute Gasteiger partial charge is 0.416 e. The molecule has 1 amide bonds. The lowest BCUT2D eigenvalue weighted by Crippen LogP contribution is -2.42. The summed E-state index contributed by atoms with van der Waals surface area (Å²) in [6.45, 7) is 1.08. The fourth-order valence-electron chi connectivity index (χ4n) is 2.19. The zero-order chi connectivity index (χ0) is 14.6. The van der Waals surface area contributed by atoms with Crippen molar-refractivity contribution in [3.8, 4) is 0 Å². The minimum Gasteiger partial charge on any atom is -0.355 e. The Morgan fingerprint density at radius 1 is 1.20 bits per heavy atom. The van der Waals surface area contributed by atoms with Crippen molar-refractivity contribution in [2.24, 2.45) is 0 Å². The highest BCUT2D eigenvalue weighted by Crippen LogP contribution is 2.29. The van der Waals surface area contributed by atoms with Gasteiger partial charge < -0.3 is 10.6 Å². The van der Waals surface area contributed by atoms with Gasteiger partial charge in [0.1, 0.15) is 0 Å². The third kappa shape index (κ3) is 3.96. The highest BCUT2D eigenvalue weighted by atomic mass is 19.4. The predicted molar refractivity (Wildman–Crippen MR) is 68.9 cm³/mol. The SMILES string of the molecule is O=C1NCCCCC1NCc1ccc(C(F)(F)F)cc1. The summed E-state index contributed by atoms with van der Waals surface area (Å²) in [5, 5.41) is 5.90. The summed E-state index contributed by atoms with van der Waals surface area (Å²) in [5.41, 5.74) is 0.0727. The summed E-state index contributed by atoms with van der Waals surface area (Å²) in [5.74, 6) is -0.0330. The van der Waals surface area contributed by atoms with E-state index < -0.39 is 11.7 Å². The van der Waals surface area contributed by atoms with Gasteiger partial charge in [0.2, 0.25) is 5.91 Å². The fourth-order valence-corrected chi connectivity index (χ4v) is 2.19. The molecule has 1 saturated heterocycles. The number of amides is 1. The average Bonchev–Trinajstić information content (AvgIpc) is 2.61. The standard InChI is InChI=1S/C14H17F3N2O/c15-14(16,17)11-6-4-10(5-7-11)9-19-12-3-1-2-8-18-13(12)20/h4-7,12,19H,1-3,8-9H2,(H,18,20). The first-order valence-electron chi connectivity index (χ1n) is 6.64. The summed E-state index contributed by atoms with van der Waals surface area (Å²) < 4.78 is 37.3. The summed E-state index contributed by atoms with van der Waals surface area (Å²) in [6.07, 6.45) is -1.63. The average molecular weight is 286 g/mol. The lowest BCUT2D eigenvalue weighted by Gasteiger charge is -2.15. The van der Waals surface area contributed by atoms with Crippen LogP contribution in [0.1, 0.15) is 30.4 Å². The molecule has 0 aromatic heterocycles. The Kier molecular flexibility index (Phi) is 4.65. The van der Waals surface area contributed by atoms with Crippen LogP contribution in [0.2, 0.25) is 0 Å². The van der Waals surface area contributed by atoms with Crippen molar-refractivity contribution in [3.05, 3.63) is 35.4 Å². The molecule has 0 spiro atoms. The maximum atomic E-state index is 12.4. The zero-order valence-electron chi connectivity index (χ0n) is 11.0. The first-order valence-corrected chi connectivity index (χ1v) is 6.64. The second-order valence-corrected chi connectivity index (χ2v) is 4.91. The molecule has 2 N–H and O–H groups in total. The van der Waals surface area contributed by atoms with Gasteiger partial charge in [-0.1, -0.05) is 12.1 Å². The van der Waals surface area contributed by atoms with Crippen LogP contribution in [-0.2, 0) is 17.5 Å². The van der Waals surface area contributed by atoms with Crippen molar-refractivity contribution in [2.75, 3.05) is 6.54 Å². The molecule has 2 rings (SSSR count). The summed E-state index contributed by atoms with van der Waals surface area (Å²) in [7, 11) is 0. The quantitative estimate of drug-likeness (QED) is 0.896. The highest BCUT2D eigenvalue weighted by molar-refractivity contribution is 5.81. The molecule has 1 heterocycles. The Hall–Kier alpha value is -1.56. The van der Waals surface area contributed by atoms with Crippen LogP contribution in [0.4, 0.5) is 13.2 Å². The lowest BCUT2D eigenvalue weighted by molar-refractivity contribution is -0.137. The normalized spacial score (nSPS) is 20.4. The molecule has 1 aromatic rings. The van der Waals surface area contributed by atoms with Crippen LogP contribution in [0.15, 0.2) is 24.3 Å². The molecule has 20 heavy (non-hydrogen) atoms. The van der Waals surface area contributed by atoms with Gasteiger partial charge in [-0.3, -0.25) is 4.79 Å². The minimum atomic E-state index is -4.31. The number of carbonyl (C=O) groups excluding carboxylic acids is 1. The lowest BCUT2D eigenvalue weighted by atomic mass is 10.1. The van der Waals surface area contributed by atoms with Gasteiger partial charge in [-0.2, -0.15) is 13.2 Å². The third-order valence-corrected chi connectivity index (χ3v) is 3.37. The maximum absolute atomic E-state index is 12.4. The van der Waals surface area contributed by atoms with Crippen molar-refractivity contribution in [3.63, 3.8) is 0 Å². The van der Waals surface area contributed by atoms with E-state index in [0.29, 0.717) is 13.1 Å². The van der Waals surface area contributed by atoms with Gasteiger partial charge in [0.15, 0.2) is 0 Å². The fraction of sp³-hybridized carbons (Fsp3) is 0.500. The highest BCUT2D eigenvalue weighted by Gasteiger charge is 2.30. The number of alkyl halides is 3. The van der Waals surface area contributed by atoms with E-state index in [1.54, 1.807) is 0 Å². The molecule has 1 aliphatic rings. The predicted octanol–water partition coefficient (Wildman–Crippen LogP) is 2.46.